The zero-order valence-corrected chi connectivity index (χ0v) is 35.4. The van der Waals surface area contributed by atoms with Crippen LogP contribution in [0.1, 0.15) is 50.4 Å². The predicted molar refractivity (Wildman–Crippen MR) is 245 cm³/mol. The van der Waals surface area contributed by atoms with E-state index in [0.29, 0.717) is 0 Å². The van der Waals surface area contributed by atoms with E-state index >= 15 is 0 Å². The summed E-state index contributed by atoms with van der Waals surface area (Å²) in [4.78, 5) is 0. The second-order valence-electron chi connectivity index (χ2n) is 14.7. The molecule has 0 amide bonds. The monoisotopic (exact) mass is 818 g/mol. The van der Waals surface area contributed by atoms with Crippen LogP contribution in [0, 0.1) is 19.9 Å². The Morgan fingerprint density at radius 1 is 0.448 bits per heavy atom. The second kappa shape index (κ2) is 18.4. The van der Waals surface area contributed by atoms with Crippen LogP contribution in [0.5, 0.6) is 0 Å². The van der Waals surface area contributed by atoms with Crippen LogP contribution in [0.4, 0.5) is 0 Å². The molecular weight excluding hydrogens is 776 g/mol. The van der Waals surface area contributed by atoms with Crippen molar-refractivity contribution in [3.63, 3.8) is 0 Å². The molecule has 1 atom stereocenters. The number of hydrogen-bond donors (Lipinski definition) is 0. The average Bonchev–Trinajstić information content (AvgIpc) is 3.87. The Morgan fingerprint density at radius 3 is 1.31 bits per heavy atom. The Balaban J connectivity index is 0.000000135. The molecule has 0 saturated heterocycles. The molecule has 0 nitrogen and oxygen atoms in total. The van der Waals surface area contributed by atoms with Crippen molar-refractivity contribution in [1.82, 2.24) is 0 Å². The van der Waals surface area contributed by atoms with E-state index in [4.69, 9.17) is 0 Å². The molecule has 0 fully saturated rings. The number of rotatable bonds is 6. The number of aryl methyl sites for hydroxylation is 2. The summed E-state index contributed by atoms with van der Waals surface area (Å²) < 4.78 is 1.42. The fourth-order valence-corrected chi connectivity index (χ4v) is 8.59. The molecule has 0 aromatic heterocycles. The maximum atomic E-state index is 3.86. The van der Waals surface area contributed by atoms with Crippen LogP contribution in [0.2, 0.25) is 0 Å². The van der Waals surface area contributed by atoms with E-state index < -0.39 is 0 Å². The third kappa shape index (κ3) is 8.87. The summed E-state index contributed by atoms with van der Waals surface area (Å²) >= 11 is 1.46. The topological polar surface area (TPSA) is 0 Å². The summed E-state index contributed by atoms with van der Waals surface area (Å²) in [6.45, 7) is 4.28. The molecule has 1 aliphatic carbocycles. The van der Waals surface area contributed by atoms with Crippen LogP contribution in [0.3, 0.4) is 0 Å². The van der Waals surface area contributed by atoms with Gasteiger partial charge in [0, 0.05) is 0 Å². The fraction of sp³-hybridized carbons (Fsp3) is 0.0526. The van der Waals surface area contributed by atoms with Gasteiger partial charge in [0.25, 0.3) is 0 Å². The van der Waals surface area contributed by atoms with Crippen LogP contribution in [0.15, 0.2) is 224 Å². The molecule has 276 valence electrons. The van der Waals surface area contributed by atoms with Gasteiger partial charge >= 0.3 is 99.2 Å². The standard InChI is InChI=1S/C29H21.C15H13.C13H10.Zr/c1-5-13-22(14-6-1)26-21-27(23-15-7-2-8-16-23)29(25-19-11-4-12-20-25)28(26)24-17-9-3-10-18-24;1-10-3-5-14-12(7-10)9-13-8-11(2)4-6-15(13)14;1-3-7-12(8-4-1)11-13-9-5-2-6-10-13;/h1-20,26H;3-9H,1-2H3;1-10H;/q2*-1;;+2. The molecule has 9 aromatic carbocycles. The molecule has 0 radical (unpaired) electrons. The minimum atomic E-state index is 0.101. The molecule has 1 aliphatic rings. The summed E-state index contributed by atoms with van der Waals surface area (Å²) in [5.74, 6) is 0.101. The molecule has 9 aromatic rings. The van der Waals surface area contributed by atoms with Gasteiger partial charge in [-0.1, -0.05) is 156 Å². The zero-order valence-electron chi connectivity index (χ0n) is 32.9. The molecule has 0 bridgehead atoms. The summed E-state index contributed by atoms with van der Waals surface area (Å²) in [7, 11) is 0. The van der Waals surface area contributed by atoms with Crippen molar-refractivity contribution in [3.8, 4) is 0 Å². The average molecular weight is 820 g/mol. The van der Waals surface area contributed by atoms with Gasteiger partial charge in [-0.3, -0.25) is 0 Å². The molecule has 0 N–H and O–H groups in total. The van der Waals surface area contributed by atoms with Crippen molar-refractivity contribution in [2.45, 2.75) is 19.8 Å². The van der Waals surface area contributed by atoms with E-state index in [9.17, 15) is 0 Å². The molecule has 0 heterocycles. The van der Waals surface area contributed by atoms with Crippen molar-refractivity contribution in [2.75, 3.05) is 0 Å². The first-order valence-electron chi connectivity index (χ1n) is 19.9. The zero-order chi connectivity index (χ0) is 39.7. The van der Waals surface area contributed by atoms with Gasteiger partial charge in [0.05, 0.1) is 0 Å². The van der Waals surface area contributed by atoms with E-state index in [1.165, 1.54) is 110 Å². The van der Waals surface area contributed by atoms with Crippen LogP contribution in [-0.4, -0.2) is 3.21 Å². The number of allylic oxidation sites excluding steroid dienone is 4. The Morgan fingerprint density at radius 2 is 0.845 bits per heavy atom. The predicted octanol–water partition coefficient (Wildman–Crippen LogP) is 14.4. The minimum absolute atomic E-state index is 0.101. The fourth-order valence-electron chi connectivity index (χ4n) is 7.77. The van der Waals surface area contributed by atoms with Crippen molar-refractivity contribution < 1.29 is 24.2 Å². The molecule has 0 aliphatic heterocycles. The second-order valence-corrected chi connectivity index (χ2v) is 15.9. The van der Waals surface area contributed by atoms with Gasteiger partial charge in [-0.05, 0) is 30.9 Å². The Labute approximate surface area is 358 Å². The molecule has 0 saturated carbocycles. The van der Waals surface area contributed by atoms with Gasteiger partial charge in [0.1, 0.15) is 0 Å². The van der Waals surface area contributed by atoms with E-state index in [1.807, 2.05) is 0 Å². The first-order chi connectivity index (χ1) is 28.5. The van der Waals surface area contributed by atoms with Gasteiger partial charge in [0.15, 0.2) is 0 Å². The Bertz CT molecular complexity index is 2720. The molecule has 1 unspecified atom stereocenters. The van der Waals surface area contributed by atoms with Crippen LogP contribution in [0.25, 0.3) is 38.3 Å². The first-order valence-corrected chi connectivity index (χ1v) is 21.1. The van der Waals surface area contributed by atoms with Crippen LogP contribution >= 0.6 is 0 Å². The van der Waals surface area contributed by atoms with E-state index in [1.54, 1.807) is 0 Å². The third-order valence-electron chi connectivity index (χ3n) is 10.6. The van der Waals surface area contributed by atoms with Gasteiger partial charge < -0.3 is 0 Å². The quantitative estimate of drug-likeness (QED) is 0.147. The van der Waals surface area contributed by atoms with Crippen molar-refractivity contribution in [2.24, 2.45) is 0 Å². The normalized spacial score (nSPS) is 13.3. The maximum absolute atomic E-state index is 3.86. The summed E-state index contributed by atoms with van der Waals surface area (Å²) in [6, 6.07) is 79.5. The number of hydrogen-bond acceptors (Lipinski definition) is 0. The van der Waals surface area contributed by atoms with E-state index in [0.717, 1.165) is 0 Å². The van der Waals surface area contributed by atoms with E-state index in [-0.39, 0.29) is 5.92 Å². The molecule has 58 heavy (non-hydrogen) atoms. The van der Waals surface area contributed by atoms with Crippen LogP contribution < -0.4 is 0 Å². The SMILES string of the molecule is Cc1ccc2c(c1)[cH-]c1cc(C)ccc12.[C-]1=C(c2ccccc2)C(c2ccccc2)=C(c2ccccc2)C1c1ccccc1.[Zr+2]=[C](c1ccccc1)c1ccccc1. The summed E-state index contributed by atoms with van der Waals surface area (Å²) in [5, 5.41) is 5.46. The Kier molecular flexibility index (Phi) is 12.3. The Hall–Kier alpha value is -6.14. The van der Waals surface area contributed by atoms with Gasteiger partial charge in [-0.15, -0.1) is 63.0 Å². The van der Waals surface area contributed by atoms with Crippen molar-refractivity contribution in [1.29, 1.82) is 0 Å². The van der Waals surface area contributed by atoms with Gasteiger partial charge in [-0.2, -0.15) is 11.6 Å². The van der Waals surface area contributed by atoms with Gasteiger partial charge in [-0.25, -0.2) is 0 Å². The van der Waals surface area contributed by atoms with E-state index in [2.05, 4.69) is 244 Å². The molecule has 0 spiro atoms. The molecule has 1 heteroatoms. The van der Waals surface area contributed by atoms with Crippen molar-refractivity contribution >= 4 is 41.5 Å². The van der Waals surface area contributed by atoms with Gasteiger partial charge in [0.2, 0.25) is 0 Å². The number of fused-ring (bicyclic) bond motifs is 3. The molecule has 10 rings (SSSR count). The van der Waals surface area contributed by atoms with Crippen LogP contribution in [-0.2, 0) is 24.2 Å². The third-order valence-corrected chi connectivity index (χ3v) is 12.0. The van der Waals surface area contributed by atoms with Crippen molar-refractivity contribution in [3.05, 3.63) is 275 Å². The summed E-state index contributed by atoms with van der Waals surface area (Å²) in [5.41, 5.74) is 14.1. The molecular formula is C57H44Zr. The number of benzene rings is 8. The summed E-state index contributed by atoms with van der Waals surface area (Å²) in [6.07, 6.45) is 3.86. The first kappa shape index (κ1) is 38.7.